The first-order chi connectivity index (χ1) is 10.8. The topological polar surface area (TPSA) is 65.0 Å². The monoisotopic (exact) mass is 308 g/mol. The molecule has 1 saturated heterocycles. The molecule has 0 unspecified atom stereocenters. The molecule has 0 spiro atoms. The molecule has 0 amide bonds. The summed E-state index contributed by atoms with van der Waals surface area (Å²) in [5.41, 5.74) is 1.27. The van der Waals surface area contributed by atoms with Crippen molar-refractivity contribution in [1.29, 1.82) is 0 Å². The van der Waals surface area contributed by atoms with E-state index in [0.29, 0.717) is 25.7 Å². The normalized spacial score (nSPS) is 22.8. The van der Waals surface area contributed by atoms with Gasteiger partial charge in [0.1, 0.15) is 0 Å². The lowest BCUT2D eigenvalue weighted by Gasteiger charge is -2.36. The molecule has 5 nitrogen and oxygen atoms in total. The van der Waals surface area contributed by atoms with Crippen molar-refractivity contribution < 1.29 is 14.9 Å². The quantitative estimate of drug-likeness (QED) is 0.579. The van der Waals surface area contributed by atoms with Gasteiger partial charge in [-0.05, 0) is 24.4 Å². The summed E-state index contributed by atoms with van der Waals surface area (Å²) in [5, 5.41) is 22.4. The van der Waals surface area contributed by atoms with Gasteiger partial charge in [0.05, 0.1) is 25.9 Å². The van der Waals surface area contributed by atoms with Gasteiger partial charge in [-0.3, -0.25) is 4.90 Å². The molecule has 0 aromatic heterocycles. The molecule has 3 N–H and O–H groups in total. The van der Waals surface area contributed by atoms with E-state index in [1.54, 1.807) is 0 Å². The van der Waals surface area contributed by atoms with E-state index in [-0.39, 0.29) is 12.7 Å². The fraction of sp³-hybridized carbons (Fsp3) is 0.647. The third-order valence-corrected chi connectivity index (χ3v) is 4.17. The number of hydrogen-bond acceptors (Lipinski definition) is 5. The third-order valence-electron chi connectivity index (χ3n) is 4.17. The Morgan fingerprint density at radius 1 is 1.23 bits per heavy atom. The number of nitrogens with one attached hydrogen (secondary N) is 1. The number of hydrogen-bond donors (Lipinski definition) is 3. The Morgan fingerprint density at radius 3 is 2.77 bits per heavy atom. The summed E-state index contributed by atoms with van der Waals surface area (Å²) < 4.78 is 5.28. The highest BCUT2D eigenvalue weighted by atomic mass is 16.5. The molecular weight excluding hydrogens is 280 g/mol. The molecule has 2 rings (SSSR count). The Morgan fingerprint density at radius 2 is 2.05 bits per heavy atom. The van der Waals surface area contributed by atoms with Crippen LogP contribution in [0.2, 0.25) is 0 Å². The van der Waals surface area contributed by atoms with E-state index in [1.807, 2.05) is 18.2 Å². The first-order valence-electron chi connectivity index (χ1n) is 8.13. The molecule has 2 atom stereocenters. The highest BCUT2D eigenvalue weighted by Gasteiger charge is 2.26. The van der Waals surface area contributed by atoms with E-state index in [4.69, 9.17) is 9.84 Å². The molecule has 5 heteroatoms. The summed E-state index contributed by atoms with van der Waals surface area (Å²) in [4.78, 5) is 2.23. The van der Waals surface area contributed by atoms with Gasteiger partial charge < -0.3 is 20.3 Å². The molecule has 124 valence electrons. The van der Waals surface area contributed by atoms with Crippen molar-refractivity contribution in [2.24, 2.45) is 5.92 Å². The maximum Gasteiger partial charge on any atom is 0.0707 e. The number of nitrogens with zero attached hydrogens (tertiary/aromatic N) is 1. The standard InChI is InChI=1S/C17H28N2O3/c20-9-11-22-10-8-19-7-6-16(17(21)14-19)13-18-12-15-4-2-1-3-5-15/h1-5,16-18,20-21H,6-14H2/t16-,17+/m0/s1. The van der Waals surface area contributed by atoms with Gasteiger partial charge in [0.15, 0.2) is 0 Å². The molecule has 1 fully saturated rings. The number of likely N-dealkylation sites (tertiary alicyclic amines) is 1. The predicted octanol–water partition coefficient (Wildman–Crippen LogP) is 0.468. The lowest BCUT2D eigenvalue weighted by molar-refractivity contribution is 0.00535. The number of aliphatic hydroxyl groups is 2. The number of β-amino-alcohol motifs (C(OH)–C–C–N with tert-alkyl or cyclic N) is 1. The van der Waals surface area contributed by atoms with Crippen LogP contribution in [-0.4, -0.2) is 67.2 Å². The molecule has 1 aliphatic rings. The summed E-state index contributed by atoms with van der Waals surface area (Å²) in [7, 11) is 0. The van der Waals surface area contributed by atoms with Crippen LogP contribution >= 0.6 is 0 Å². The Hall–Kier alpha value is -0.980. The van der Waals surface area contributed by atoms with Crippen LogP contribution in [0.15, 0.2) is 30.3 Å². The second-order valence-electron chi connectivity index (χ2n) is 5.87. The van der Waals surface area contributed by atoms with Gasteiger partial charge in [-0.15, -0.1) is 0 Å². The highest BCUT2D eigenvalue weighted by molar-refractivity contribution is 5.14. The van der Waals surface area contributed by atoms with Crippen LogP contribution < -0.4 is 5.32 Å². The minimum Gasteiger partial charge on any atom is -0.394 e. The predicted molar refractivity (Wildman–Crippen MR) is 86.6 cm³/mol. The Bertz CT molecular complexity index is 402. The lowest BCUT2D eigenvalue weighted by Crippen LogP contribution is -2.47. The second kappa shape index (κ2) is 9.92. The van der Waals surface area contributed by atoms with Crippen molar-refractivity contribution >= 4 is 0 Å². The van der Waals surface area contributed by atoms with Crippen LogP contribution in [0.4, 0.5) is 0 Å². The fourth-order valence-corrected chi connectivity index (χ4v) is 2.84. The van der Waals surface area contributed by atoms with Gasteiger partial charge in [0.25, 0.3) is 0 Å². The zero-order valence-electron chi connectivity index (χ0n) is 13.2. The van der Waals surface area contributed by atoms with Crippen molar-refractivity contribution in [2.75, 3.05) is 46.0 Å². The maximum absolute atomic E-state index is 10.3. The number of benzene rings is 1. The minimum atomic E-state index is -0.283. The molecule has 0 bridgehead atoms. The van der Waals surface area contributed by atoms with Crippen LogP contribution in [0.25, 0.3) is 0 Å². The third kappa shape index (κ3) is 6.02. The smallest absolute Gasteiger partial charge is 0.0707 e. The maximum atomic E-state index is 10.3. The molecule has 0 radical (unpaired) electrons. The summed E-state index contributed by atoms with van der Waals surface area (Å²) in [6.45, 7) is 5.30. The Balaban J connectivity index is 1.61. The van der Waals surface area contributed by atoms with Crippen LogP contribution in [0, 0.1) is 5.92 Å². The summed E-state index contributed by atoms with van der Waals surface area (Å²) >= 11 is 0. The van der Waals surface area contributed by atoms with Crippen LogP contribution in [0.5, 0.6) is 0 Å². The van der Waals surface area contributed by atoms with Crippen molar-refractivity contribution in [1.82, 2.24) is 10.2 Å². The van der Waals surface area contributed by atoms with Crippen molar-refractivity contribution in [3.05, 3.63) is 35.9 Å². The van der Waals surface area contributed by atoms with Crippen molar-refractivity contribution in [3.8, 4) is 0 Å². The summed E-state index contributed by atoms with van der Waals surface area (Å²) in [6, 6.07) is 10.3. The molecule has 1 aliphatic heterocycles. The number of piperidine rings is 1. The summed E-state index contributed by atoms with van der Waals surface area (Å²) in [5.74, 6) is 0.318. The number of aliphatic hydroxyl groups excluding tert-OH is 2. The number of rotatable bonds is 9. The van der Waals surface area contributed by atoms with E-state index >= 15 is 0 Å². The lowest BCUT2D eigenvalue weighted by atomic mass is 9.93. The Labute approximate surface area is 132 Å². The van der Waals surface area contributed by atoms with E-state index < -0.39 is 0 Å². The first-order valence-corrected chi connectivity index (χ1v) is 8.13. The van der Waals surface area contributed by atoms with Gasteiger partial charge >= 0.3 is 0 Å². The zero-order chi connectivity index (χ0) is 15.6. The molecular formula is C17H28N2O3. The Kier molecular flexibility index (Phi) is 7.83. The largest absolute Gasteiger partial charge is 0.394 e. The molecule has 0 saturated carbocycles. The molecule has 1 heterocycles. The van der Waals surface area contributed by atoms with E-state index in [1.165, 1.54) is 5.56 Å². The summed E-state index contributed by atoms with van der Waals surface area (Å²) in [6.07, 6.45) is 0.720. The fourth-order valence-electron chi connectivity index (χ4n) is 2.84. The molecule has 1 aromatic rings. The molecule has 0 aliphatic carbocycles. The van der Waals surface area contributed by atoms with Crippen molar-refractivity contribution in [2.45, 2.75) is 19.1 Å². The van der Waals surface area contributed by atoms with Gasteiger partial charge in [-0.1, -0.05) is 30.3 Å². The second-order valence-corrected chi connectivity index (χ2v) is 5.87. The number of ether oxygens (including phenoxy) is 1. The van der Waals surface area contributed by atoms with E-state index in [0.717, 1.165) is 32.6 Å². The zero-order valence-corrected chi connectivity index (χ0v) is 13.2. The van der Waals surface area contributed by atoms with Crippen LogP contribution in [-0.2, 0) is 11.3 Å². The van der Waals surface area contributed by atoms with Crippen molar-refractivity contribution in [3.63, 3.8) is 0 Å². The van der Waals surface area contributed by atoms with E-state index in [2.05, 4.69) is 22.3 Å². The average molecular weight is 308 g/mol. The highest BCUT2D eigenvalue weighted by Crippen LogP contribution is 2.17. The van der Waals surface area contributed by atoms with E-state index in [9.17, 15) is 5.11 Å². The van der Waals surface area contributed by atoms with Crippen LogP contribution in [0.3, 0.4) is 0 Å². The SMILES string of the molecule is OCCOCCN1CC[C@@H](CNCc2ccccc2)[C@H](O)C1. The van der Waals surface area contributed by atoms with Gasteiger partial charge in [0, 0.05) is 26.2 Å². The van der Waals surface area contributed by atoms with Crippen LogP contribution in [0.1, 0.15) is 12.0 Å². The minimum absolute atomic E-state index is 0.0672. The average Bonchev–Trinajstić information content (AvgIpc) is 2.54. The van der Waals surface area contributed by atoms with Gasteiger partial charge in [0.2, 0.25) is 0 Å². The van der Waals surface area contributed by atoms with Gasteiger partial charge in [-0.2, -0.15) is 0 Å². The molecule has 22 heavy (non-hydrogen) atoms. The van der Waals surface area contributed by atoms with Gasteiger partial charge in [-0.25, -0.2) is 0 Å². The molecule has 1 aromatic carbocycles. The first kappa shape index (κ1) is 17.4.